The topological polar surface area (TPSA) is 133 Å². The first-order valence-corrected chi connectivity index (χ1v) is 15.6. The number of rotatable bonds is 9. The molecule has 236 valence electrons. The van der Waals surface area contributed by atoms with E-state index in [2.05, 4.69) is 54.7 Å². The molecule has 1 aliphatic heterocycles. The molecule has 2 aliphatic carbocycles. The lowest BCUT2D eigenvalue weighted by atomic mass is 10.0. The SMILES string of the molecule is CC.CC(C)(C)C.CC1CC(C#N)N(C(=O)CNC(=O)C(CC2CC2)n2cc(C3CC3)nn2)C1.O=CNc1ccccc1. The van der Waals surface area contributed by atoms with Gasteiger partial charge in [0, 0.05) is 24.3 Å². The molecule has 0 radical (unpaired) electrons. The number of hydrogen-bond acceptors (Lipinski definition) is 6. The van der Waals surface area contributed by atoms with Crippen molar-refractivity contribution in [2.45, 2.75) is 105 Å². The highest BCUT2D eigenvalue weighted by Crippen LogP contribution is 2.40. The van der Waals surface area contributed by atoms with Crippen molar-refractivity contribution in [3.63, 3.8) is 0 Å². The van der Waals surface area contributed by atoms with Crippen molar-refractivity contribution < 1.29 is 14.4 Å². The highest BCUT2D eigenvalue weighted by molar-refractivity contribution is 5.87. The first-order valence-electron chi connectivity index (χ1n) is 15.6. The third kappa shape index (κ3) is 13.4. The van der Waals surface area contributed by atoms with Crippen molar-refractivity contribution in [1.82, 2.24) is 25.2 Å². The van der Waals surface area contributed by atoms with Crippen molar-refractivity contribution in [1.29, 1.82) is 5.26 Å². The van der Waals surface area contributed by atoms with Crippen LogP contribution < -0.4 is 10.6 Å². The smallest absolute Gasteiger partial charge is 0.245 e. The Labute approximate surface area is 257 Å². The van der Waals surface area contributed by atoms with Crippen LogP contribution in [-0.2, 0) is 14.4 Å². The van der Waals surface area contributed by atoms with Crippen molar-refractivity contribution in [2.75, 3.05) is 18.4 Å². The molecule has 3 unspecified atom stereocenters. The summed E-state index contributed by atoms with van der Waals surface area (Å²) >= 11 is 0. The average Bonchev–Trinajstić information content (AvgIpc) is 3.91. The van der Waals surface area contributed by atoms with Gasteiger partial charge in [-0.15, -0.1) is 5.10 Å². The molecule has 3 aliphatic rings. The highest BCUT2D eigenvalue weighted by atomic mass is 16.2. The standard InChI is InChI=1S/C19H26N6O2.C7H7NO.C5H12.C2H6/c1-12-6-15(8-20)24(10-12)18(26)9-21-19(27)17(7-13-2-3-13)25-11-16(22-23-25)14-4-5-14;9-6-8-7-4-2-1-3-5-7;1-5(2,3)4;1-2/h11-15,17H,2-7,9-10H2,1H3,(H,21,27);1-6H,(H,8,9);1-4H3;1-2H3. The molecule has 0 spiro atoms. The van der Waals surface area contributed by atoms with E-state index in [1.165, 1.54) is 0 Å². The van der Waals surface area contributed by atoms with Crippen LogP contribution in [0.4, 0.5) is 5.69 Å². The number of carbonyl (C=O) groups excluding carboxylic acids is 3. The van der Waals surface area contributed by atoms with E-state index >= 15 is 0 Å². The highest BCUT2D eigenvalue weighted by Gasteiger charge is 2.35. The molecule has 2 saturated carbocycles. The lowest BCUT2D eigenvalue weighted by molar-refractivity contribution is -0.134. The number of nitrogens with one attached hydrogen (secondary N) is 2. The van der Waals surface area contributed by atoms with Crippen LogP contribution >= 0.6 is 0 Å². The van der Waals surface area contributed by atoms with Crippen LogP contribution in [0, 0.1) is 28.6 Å². The number of amides is 3. The summed E-state index contributed by atoms with van der Waals surface area (Å²) in [6.07, 6.45) is 8.54. The van der Waals surface area contributed by atoms with Gasteiger partial charge in [-0.05, 0) is 55.1 Å². The van der Waals surface area contributed by atoms with E-state index in [1.807, 2.05) is 57.3 Å². The van der Waals surface area contributed by atoms with E-state index in [9.17, 15) is 19.6 Å². The number of aromatic nitrogens is 3. The Morgan fingerprint density at radius 2 is 1.74 bits per heavy atom. The van der Waals surface area contributed by atoms with Gasteiger partial charge in [0.05, 0.1) is 18.3 Å². The normalized spacial score (nSPS) is 19.5. The molecule has 2 N–H and O–H groups in total. The van der Waals surface area contributed by atoms with Crippen molar-refractivity contribution in [3.8, 4) is 6.07 Å². The lowest BCUT2D eigenvalue weighted by Gasteiger charge is -2.21. The summed E-state index contributed by atoms with van der Waals surface area (Å²) in [4.78, 5) is 36.7. The average molecular weight is 594 g/mol. The van der Waals surface area contributed by atoms with E-state index in [1.54, 1.807) is 9.58 Å². The molecule has 0 bridgehead atoms. The number of carbonyl (C=O) groups is 3. The molecule has 1 aromatic carbocycles. The van der Waals surface area contributed by atoms with Crippen LogP contribution in [0.3, 0.4) is 0 Å². The molecule has 3 amide bonds. The summed E-state index contributed by atoms with van der Waals surface area (Å²) in [7, 11) is 0. The molecule has 43 heavy (non-hydrogen) atoms. The Morgan fingerprint density at radius 1 is 1.12 bits per heavy atom. The fourth-order valence-corrected chi connectivity index (χ4v) is 4.44. The van der Waals surface area contributed by atoms with Gasteiger partial charge in [-0.1, -0.05) is 84.7 Å². The minimum Gasteiger partial charge on any atom is -0.345 e. The second-order valence-electron chi connectivity index (χ2n) is 13.0. The van der Waals surface area contributed by atoms with Crippen LogP contribution in [0.1, 0.15) is 105 Å². The summed E-state index contributed by atoms with van der Waals surface area (Å²) in [6, 6.07) is 10.7. The Balaban J connectivity index is 0.000000333. The second-order valence-corrected chi connectivity index (χ2v) is 13.0. The lowest BCUT2D eigenvalue weighted by Crippen LogP contribution is -2.44. The van der Waals surface area contributed by atoms with Crippen molar-refractivity contribution in [2.24, 2.45) is 17.3 Å². The second kappa shape index (κ2) is 17.4. The van der Waals surface area contributed by atoms with Gasteiger partial charge >= 0.3 is 0 Å². The fourth-order valence-electron chi connectivity index (χ4n) is 4.44. The first kappa shape index (κ1) is 35.5. The predicted octanol–water partition coefficient (Wildman–Crippen LogP) is 5.71. The molecule has 10 nitrogen and oxygen atoms in total. The molecule has 2 aromatic rings. The summed E-state index contributed by atoms with van der Waals surface area (Å²) in [5, 5.41) is 22.9. The summed E-state index contributed by atoms with van der Waals surface area (Å²) in [5.41, 5.74) is 2.29. The van der Waals surface area contributed by atoms with E-state index in [0.717, 1.165) is 43.5 Å². The molecule has 1 aromatic heterocycles. The van der Waals surface area contributed by atoms with Crippen molar-refractivity contribution >= 4 is 23.9 Å². The Morgan fingerprint density at radius 3 is 2.28 bits per heavy atom. The number of nitrogens with zero attached hydrogens (tertiary/aromatic N) is 5. The van der Waals surface area contributed by atoms with Gasteiger partial charge in [0.1, 0.15) is 12.1 Å². The maximum absolute atomic E-state index is 12.8. The Bertz CT molecular complexity index is 1170. The fraction of sp³-hybridized carbons (Fsp3) is 0.636. The summed E-state index contributed by atoms with van der Waals surface area (Å²) < 4.78 is 1.67. The first-order chi connectivity index (χ1) is 20.5. The molecule has 3 atom stereocenters. The Hall–Kier alpha value is -3.74. The number of anilines is 1. The van der Waals surface area contributed by atoms with E-state index < -0.39 is 6.04 Å². The quantitative estimate of drug-likeness (QED) is 0.358. The minimum absolute atomic E-state index is 0.0743. The third-order valence-corrected chi connectivity index (χ3v) is 6.79. The molecule has 10 heteroatoms. The van der Waals surface area contributed by atoms with Crippen LogP contribution in [0.15, 0.2) is 36.5 Å². The van der Waals surface area contributed by atoms with E-state index in [0.29, 0.717) is 42.5 Å². The number of likely N-dealkylation sites (tertiary alicyclic amines) is 1. The monoisotopic (exact) mass is 593 g/mol. The molecular weight excluding hydrogens is 542 g/mol. The molecule has 1 saturated heterocycles. The van der Waals surface area contributed by atoms with Gasteiger partial charge in [0.15, 0.2) is 0 Å². The van der Waals surface area contributed by atoms with Gasteiger partial charge < -0.3 is 15.5 Å². The largest absolute Gasteiger partial charge is 0.345 e. The minimum atomic E-state index is -0.422. The predicted molar refractivity (Wildman–Crippen MR) is 169 cm³/mol. The maximum atomic E-state index is 12.8. The van der Waals surface area contributed by atoms with Crippen LogP contribution in [-0.4, -0.2) is 57.2 Å². The van der Waals surface area contributed by atoms with Crippen molar-refractivity contribution in [3.05, 3.63) is 42.2 Å². The van der Waals surface area contributed by atoms with E-state index in [4.69, 9.17) is 0 Å². The number of nitriles is 1. The van der Waals surface area contributed by atoms with Gasteiger partial charge in [-0.25, -0.2) is 4.68 Å². The van der Waals surface area contributed by atoms with Gasteiger partial charge in [-0.3, -0.25) is 14.4 Å². The summed E-state index contributed by atoms with van der Waals surface area (Å²) in [6.45, 7) is 15.3. The van der Waals surface area contributed by atoms with Gasteiger partial charge in [-0.2, -0.15) is 5.26 Å². The molecule has 5 rings (SSSR count). The Kier molecular flexibility index (Phi) is 14.3. The number of hydrogen-bond donors (Lipinski definition) is 2. The molecular formula is C33H51N7O3. The van der Waals surface area contributed by atoms with E-state index in [-0.39, 0.29) is 24.4 Å². The number of benzene rings is 1. The zero-order chi connectivity index (χ0) is 32.0. The van der Waals surface area contributed by atoms with Crippen LogP contribution in [0.5, 0.6) is 0 Å². The molecule has 3 fully saturated rings. The van der Waals surface area contributed by atoms with Crippen LogP contribution in [0.2, 0.25) is 0 Å². The third-order valence-electron chi connectivity index (χ3n) is 6.79. The zero-order valence-corrected chi connectivity index (χ0v) is 27.0. The van der Waals surface area contributed by atoms with Crippen LogP contribution in [0.25, 0.3) is 0 Å². The molecule has 2 heterocycles. The zero-order valence-electron chi connectivity index (χ0n) is 27.0. The maximum Gasteiger partial charge on any atom is 0.245 e. The number of para-hydroxylation sites is 1. The van der Waals surface area contributed by atoms with Gasteiger partial charge in [0.25, 0.3) is 0 Å². The van der Waals surface area contributed by atoms with Gasteiger partial charge in [0.2, 0.25) is 18.2 Å². The summed E-state index contributed by atoms with van der Waals surface area (Å²) in [5.74, 6) is 0.968.